The molecular weight excluding hydrogens is 548 g/mol. The Kier molecular flexibility index (Phi) is 8.26. The Morgan fingerprint density at radius 3 is 2.43 bits per heavy atom. The van der Waals surface area contributed by atoms with Crippen LogP contribution in [-0.4, -0.2) is 37.4 Å². The molecular formula is C26H23Cl2F3N2O3S. The quantitative estimate of drug-likeness (QED) is 0.311. The van der Waals surface area contributed by atoms with E-state index >= 15 is 0 Å². The van der Waals surface area contributed by atoms with Crippen LogP contribution in [0.4, 0.5) is 18.9 Å². The molecule has 1 aliphatic heterocycles. The second kappa shape index (κ2) is 11.2. The van der Waals surface area contributed by atoms with Crippen LogP contribution < -0.4 is 19.5 Å². The third kappa shape index (κ3) is 6.17. The topological polar surface area (TPSA) is 43.0 Å². The zero-order valence-corrected chi connectivity index (χ0v) is 22.2. The number of benzene rings is 3. The lowest BCUT2D eigenvalue weighted by Gasteiger charge is -2.39. The van der Waals surface area contributed by atoms with Crippen LogP contribution in [0, 0.1) is 0 Å². The molecule has 0 bridgehead atoms. The molecule has 0 spiro atoms. The van der Waals surface area contributed by atoms with Crippen LogP contribution in [-0.2, 0) is 12.6 Å². The van der Waals surface area contributed by atoms with Crippen molar-refractivity contribution >= 4 is 46.2 Å². The lowest BCUT2D eigenvalue weighted by molar-refractivity contribution is -0.137. The van der Waals surface area contributed by atoms with Gasteiger partial charge in [0, 0.05) is 12.2 Å². The first-order chi connectivity index (χ1) is 17.6. The minimum atomic E-state index is -4.47. The lowest BCUT2D eigenvalue weighted by atomic mass is 9.92. The molecule has 1 aliphatic rings. The highest BCUT2D eigenvalue weighted by Gasteiger charge is 2.33. The van der Waals surface area contributed by atoms with E-state index in [-0.39, 0.29) is 12.4 Å². The molecule has 0 aliphatic carbocycles. The van der Waals surface area contributed by atoms with E-state index in [1.54, 1.807) is 25.3 Å². The highest BCUT2D eigenvalue weighted by atomic mass is 35.5. The van der Waals surface area contributed by atoms with E-state index in [4.69, 9.17) is 49.6 Å². The monoisotopic (exact) mass is 570 g/mol. The van der Waals surface area contributed by atoms with Crippen molar-refractivity contribution in [3.05, 3.63) is 81.3 Å². The molecule has 0 fully saturated rings. The molecule has 5 nitrogen and oxygen atoms in total. The van der Waals surface area contributed by atoms with Gasteiger partial charge >= 0.3 is 6.18 Å². The van der Waals surface area contributed by atoms with Crippen LogP contribution in [0.5, 0.6) is 17.2 Å². The molecule has 0 amide bonds. The molecule has 4 rings (SSSR count). The Labute approximate surface area is 228 Å². The normalized spacial score (nSPS) is 15.1. The molecule has 0 saturated carbocycles. The average Bonchev–Trinajstić information content (AvgIpc) is 2.88. The molecule has 1 heterocycles. The van der Waals surface area contributed by atoms with Crippen LogP contribution in [0.15, 0.2) is 54.6 Å². The number of rotatable bonds is 6. The van der Waals surface area contributed by atoms with Crippen LogP contribution in [0.25, 0.3) is 0 Å². The third-order valence-electron chi connectivity index (χ3n) is 6.00. The van der Waals surface area contributed by atoms with Crippen molar-refractivity contribution in [1.82, 2.24) is 4.90 Å². The summed E-state index contributed by atoms with van der Waals surface area (Å²) in [5.74, 6) is 1.21. The zero-order valence-electron chi connectivity index (χ0n) is 19.9. The summed E-state index contributed by atoms with van der Waals surface area (Å²) in [7, 11) is 3.10. The maximum absolute atomic E-state index is 13.2. The number of anilines is 1. The molecule has 11 heteroatoms. The van der Waals surface area contributed by atoms with E-state index in [9.17, 15) is 13.2 Å². The van der Waals surface area contributed by atoms with E-state index in [0.29, 0.717) is 45.3 Å². The Bertz CT molecular complexity index is 1310. The largest absolute Gasteiger partial charge is 0.493 e. The van der Waals surface area contributed by atoms with Gasteiger partial charge < -0.3 is 24.4 Å². The molecule has 0 aromatic heterocycles. The predicted molar refractivity (Wildman–Crippen MR) is 142 cm³/mol. The summed E-state index contributed by atoms with van der Waals surface area (Å²) >= 11 is 17.9. The van der Waals surface area contributed by atoms with Gasteiger partial charge in [0.05, 0.1) is 35.9 Å². The molecule has 3 aromatic carbocycles. The number of thiocarbonyl (C=S) groups is 1. The molecule has 1 unspecified atom stereocenters. The maximum atomic E-state index is 13.2. The highest BCUT2D eigenvalue weighted by Crippen LogP contribution is 2.39. The number of nitrogens with one attached hydrogen (secondary N) is 1. The maximum Gasteiger partial charge on any atom is 0.416 e. The van der Waals surface area contributed by atoms with Crippen LogP contribution in [0.3, 0.4) is 0 Å². The molecule has 0 radical (unpaired) electrons. The minimum absolute atomic E-state index is 0.0347. The van der Waals surface area contributed by atoms with Crippen molar-refractivity contribution in [2.45, 2.75) is 18.6 Å². The van der Waals surface area contributed by atoms with Gasteiger partial charge in [0.25, 0.3) is 0 Å². The molecule has 37 heavy (non-hydrogen) atoms. The summed E-state index contributed by atoms with van der Waals surface area (Å²) in [4.78, 5) is 1.93. The average molecular weight is 571 g/mol. The number of hydrogen-bond donors (Lipinski definition) is 1. The van der Waals surface area contributed by atoms with Gasteiger partial charge in [-0.3, -0.25) is 0 Å². The van der Waals surface area contributed by atoms with Crippen LogP contribution in [0.1, 0.15) is 22.7 Å². The predicted octanol–water partition coefficient (Wildman–Crippen LogP) is 7.40. The fourth-order valence-corrected chi connectivity index (χ4v) is 4.79. The summed E-state index contributed by atoms with van der Waals surface area (Å²) < 4.78 is 56.5. The SMILES string of the molecule is COc1cc2c(cc1OC)C(COc1cccc(C(F)(F)F)c1)N(C(=S)Nc1ccc(Cl)c(Cl)c1)CC2. The van der Waals surface area contributed by atoms with Crippen molar-refractivity contribution in [2.75, 3.05) is 32.7 Å². The van der Waals surface area contributed by atoms with Crippen molar-refractivity contribution in [1.29, 1.82) is 0 Å². The van der Waals surface area contributed by atoms with E-state index in [0.717, 1.165) is 23.3 Å². The summed E-state index contributed by atoms with van der Waals surface area (Å²) in [6.07, 6.45) is -3.82. The fourth-order valence-electron chi connectivity index (χ4n) is 4.16. The molecule has 1 N–H and O–H groups in total. The molecule has 196 valence electrons. The summed E-state index contributed by atoms with van der Waals surface area (Å²) in [6, 6.07) is 13.2. The Morgan fingerprint density at radius 2 is 1.76 bits per heavy atom. The van der Waals surface area contributed by atoms with Crippen molar-refractivity contribution < 1.29 is 27.4 Å². The molecule has 0 saturated heterocycles. The first-order valence-corrected chi connectivity index (χ1v) is 12.3. The number of hydrogen-bond acceptors (Lipinski definition) is 4. The number of nitrogens with zero attached hydrogens (tertiary/aromatic N) is 1. The fraction of sp³-hybridized carbons (Fsp3) is 0.269. The van der Waals surface area contributed by atoms with E-state index in [2.05, 4.69) is 5.32 Å². The van der Waals surface area contributed by atoms with Crippen molar-refractivity contribution in [2.24, 2.45) is 0 Å². The van der Waals surface area contributed by atoms with Gasteiger partial charge in [0.2, 0.25) is 0 Å². The van der Waals surface area contributed by atoms with Gasteiger partial charge in [-0.15, -0.1) is 0 Å². The number of halogens is 5. The third-order valence-corrected chi connectivity index (χ3v) is 7.08. The summed E-state index contributed by atoms with van der Waals surface area (Å²) in [5, 5.41) is 4.36. The number of fused-ring (bicyclic) bond motifs is 1. The van der Waals surface area contributed by atoms with Gasteiger partial charge in [0.15, 0.2) is 16.6 Å². The zero-order chi connectivity index (χ0) is 26.7. The first-order valence-electron chi connectivity index (χ1n) is 11.2. The Balaban J connectivity index is 1.65. The number of methoxy groups -OCH3 is 2. The second-order valence-corrected chi connectivity index (χ2v) is 9.46. The van der Waals surface area contributed by atoms with Crippen molar-refractivity contribution in [3.63, 3.8) is 0 Å². The molecule has 3 aromatic rings. The first kappa shape index (κ1) is 27.2. The van der Waals surface area contributed by atoms with Gasteiger partial charge in [-0.25, -0.2) is 0 Å². The van der Waals surface area contributed by atoms with E-state index in [1.807, 2.05) is 17.0 Å². The molecule has 1 atom stereocenters. The lowest BCUT2D eigenvalue weighted by Crippen LogP contribution is -2.44. The second-order valence-electron chi connectivity index (χ2n) is 8.26. The number of alkyl halides is 3. The smallest absolute Gasteiger partial charge is 0.416 e. The van der Waals surface area contributed by atoms with Crippen molar-refractivity contribution in [3.8, 4) is 17.2 Å². The van der Waals surface area contributed by atoms with Crippen LogP contribution >= 0.6 is 35.4 Å². The summed E-state index contributed by atoms with van der Waals surface area (Å²) in [6.45, 7) is 0.569. The Hall–Kier alpha value is -2.88. The Morgan fingerprint density at radius 1 is 1.03 bits per heavy atom. The van der Waals surface area contributed by atoms with Gasteiger partial charge in [0.1, 0.15) is 12.4 Å². The van der Waals surface area contributed by atoms with Crippen LogP contribution in [0.2, 0.25) is 10.0 Å². The van der Waals surface area contributed by atoms with Gasteiger partial charge in [-0.05, 0) is 78.3 Å². The summed E-state index contributed by atoms with van der Waals surface area (Å²) in [5.41, 5.74) is 1.74. The standard InChI is InChI=1S/C26H23Cl2F3N2O3S/c1-34-23-10-15-8-9-33(25(37)32-17-6-7-20(27)21(28)12-17)22(19(15)13-24(23)35-2)14-36-18-5-3-4-16(11-18)26(29,30)31/h3-7,10-13,22H,8-9,14H2,1-2H3,(H,32,37). The van der Waals surface area contributed by atoms with Gasteiger partial charge in [-0.2, -0.15) is 13.2 Å². The minimum Gasteiger partial charge on any atom is -0.493 e. The van der Waals surface area contributed by atoms with E-state index < -0.39 is 17.8 Å². The highest BCUT2D eigenvalue weighted by molar-refractivity contribution is 7.80. The van der Waals surface area contributed by atoms with E-state index in [1.165, 1.54) is 19.2 Å². The van der Waals surface area contributed by atoms with Gasteiger partial charge in [-0.1, -0.05) is 29.3 Å². The number of ether oxygens (including phenoxy) is 3.